The van der Waals surface area contributed by atoms with Gasteiger partial charge in [-0.15, -0.1) is 0 Å². The number of amides is 2. The third-order valence-electron chi connectivity index (χ3n) is 4.48. The summed E-state index contributed by atoms with van der Waals surface area (Å²) < 4.78 is 0. The number of aliphatic hydroxyl groups excluding tert-OH is 1. The molecule has 2 heterocycles. The van der Waals surface area contributed by atoms with Gasteiger partial charge in [0.1, 0.15) is 0 Å². The van der Waals surface area contributed by atoms with Gasteiger partial charge in [0.05, 0.1) is 34.9 Å². The third kappa shape index (κ3) is 4.84. The number of carbonyl (C=O) groups excluding carboxylic acids is 1. The van der Waals surface area contributed by atoms with Crippen LogP contribution in [-0.4, -0.2) is 45.2 Å². The first-order valence-corrected chi connectivity index (χ1v) is 9.85. The summed E-state index contributed by atoms with van der Waals surface area (Å²) in [4.78, 5) is 23.3. The Morgan fingerprint density at radius 2 is 2.11 bits per heavy atom. The van der Waals surface area contributed by atoms with E-state index in [1.54, 1.807) is 23.1 Å². The minimum Gasteiger partial charge on any atom is -0.394 e. The van der Waals surface area contributed by atoms with Gasteiger partial charge in [-0.2, -0.15) is 0 Å². The van der Waals surface area contributed by atoms with Crippen LogP contribution in [0.4, 0.5) is 10.7 Å². The molecule has 1 atom stereocenters. The summed E-state index contributed by atoms with van der Waals surface area (Å²) in [5, 5.41) is 16.6. The van der Waals surface area contributed by atoms with Crippen molar-refractivity contribution in [3.63, 3.8) is 0 Å². The zero-order valence-electron chi connectivity index (χ0n) is 15.7. The summed E-state index contributed by atoms with van der Waals surface area (Å²) in [5.41, 5.74) is 2.56. The lowest BCUT2D eigenvalue weighted by molar-refractivity contribution is 0.176. The Morgan fingerprint density at radius 3 is 2.79 bits per heavy atom. The number of hydrogen-bond donors (Lipinski definition) is 3. The average molecular weight is 424 g/mol. The summed E-state index contributed by atoms with van der Waals surface area (Å²) in [6, 6.07) is 4.40. The standard InChI is InChI=1S/C19H23Cl2N5O2/c1-11(2)23-18-22-8-13-5-6-26(9-16(13)24-18)19(28)25-17(10-27)12-3-4-14(20)15(21)7-12/h3-4,7-8,11,17,27H,5-6,9-10H2,1-2H3,(H,25,28)(H,22,23,24)/t17-/m1/s1. The highest BCUT2D eigenvalue weighted by atomic mass is 35.5. The molecule has 150 valence electrons. The predicted octanol–water partition coefficient (Wildman–Crippen LogP) is 3.41. The molecule has 0 saturated heterocycles. The maximum absolute atomic E-state index is 12.8. The highest BCUT2D eigenvalue weighted by molar-refractivity contribution is 6.42. The largest absolute Gasteiger partial charge is 0.394 e. The van der Waals surface area contributed by atoms with Crippen LogP contribution >= 0.6 is 23.2 Å². The van der Waals surface area contributed by atoms with E-state index in [2.05, 4.69) is 20.6 Å². The molecule has 7 nitrogen and oxygen atoms in total. The number of aliphatic hydroxyl groups is 1. The molecular weight excluding hydrogens is 401 g/mol. The number of nitrogens with zero attached hydrogens (tertiary/aromatic N) is 3. The molecule has 2 amide bonds. The number of anilines is 1. The van der Waals surface area contributed by atoms with E-state index in [0.717, 1.165) is 11.3 Å². The quantitative estimate of drug-likeness (QED) is 0.685. The first-order chi connectivity index (χ1) is 13.4. The molecule has 1 aromatic carbocycles. The molecule has 1 aromatic heterocycles. The fourth-order valence-electron chi connectivity index (χ4n) is 3.01. The molecule has 28 heavy (non-hydrogen) atoms. The number of benzene rings is 1. The SMILES string of the molecule is CC(C)Nc1ncc2c(n1)CN(C(=O)N[C@H](CO)c1ccc(Cl)c(Cl)c1)CC2. The first kappa shape index (κ1) is 20.6. The minimum atomic E-state index is -0.577. The van der Waals surface area contributed by atoms with Crippen LogP contribution in [0.15, 0.2) is 24.4 Å². The second-order valence-electron chi connectivity index (χ2n) is 6.99. The van der Waals surface area contributed by atoms with Gasteiger partial charge in [-0.05, 0) is 43.5 Å². The van der Waals surface area contributed by atoms with Crippen molar-refractivity contribution in [2.24, 2.45) is 0 Å². The molecular formula is C19H23Cl2N5O2. The Kier molecular flexibility index (Phi) is 6.59. The summed E-state index contributed by atoms with van der Waals surface area (Å²) in [7, 11) is 0. The van der Waals surface area contributed by atoms with Crippen LogP contribution in [0.3, 0.4) is 0 Å². The van der Waals surface area contributed by atoms with E-state index in [1.165, 1.54) is 0 Å². The van der Waals surface area contributed by atoms with E-state index < -0.39 is 6.04 Å². The number of hydrogen-bond acceptors (Lipinski definition) is 5. The van der Waals surface area contributed by atoms with Crippen molar-refractivity contribution in [2.45, 2.75) is 38.9 Å². The number of nitrogens with one attached hydrogen (secondary N) is 2. The lowest BCUT2D eigenvalue weighted by atomic mass is 10.1. The summed E-state index contributed by atoms with van der Waals surface area (Å²) in [6.45, 7) is 4.72. The molecule has 1 aliphatic heterocycles. The minimum absolute atomic E-state index is 0.220. The van der Waals surface area contributed by atoms with Crippen LogP contribution in [-0.2, 0) is 13.0 Å². The van der Waals surface area contributed by atoms with Crippen molar-refractivity contribution in [1.82, 2.24) is 20.2 Å². The van der Waals surface area contributed by atoms with E-state index >= 15 is 0 Å². The monoisotopic (exact) mass is 423 g/mol. The lowest BCUT2D eigenvalue weighted by Crippen LogP contribution is -2.45. The molecule has 0 bridgehead atoms. The molecule has 3 N–H and O–H groups in total. The summed E-state index contributed by atoms with van der Waals surface area (Å²) >= 11 is 12.0. The molecule has 0 fully saturated rings. The van der Waals surface area contributed by atoms with Gasteiger partial charge >= 0.3 is 6.03 Å². The zero-order chi connectivity index (χ0) is 20.3. The van der Waals surface area contributed by atoms with Gasteiger partial charge in [0.25, 0.3) is 0 Å². The van der Waals surface area contributed by atoms with E-state index in [4.69, 9.17) is 23.2 Å². The predicted molar refractivity (Wildman–Crippen MR) is 110 cm³/mol. The summed E-state index contributed by atoms with van der Waals surface area (Å²) in [5.74, 6) is 0.556. The van der Waals surface area contributed by atoms with Gasteiger partial charge in [0.2, 0.25) is 5.95 Å². The highest BCUT2D eigenvalue weighted by Crippen LogP contribution is 2.26. The average Bonchev–Trinajstić information content (AvgIpc) is 2.67. The van der Waals surface area contributed by atoms with Gasteiger partial charge < -0.3 is 20.6 Å². The Morgan fingerprint density at radius 1 is 1.32 bits per heavy atom. The Bertz CT molecular complexity index is 862. The van der Waals surface area contributed by atoms with Crippen LogP contribution in [0.25, 0.3) is 0 Å². The molecule has 1 aliphatic rings. The molecule has 2 aromatic rings. The van der Waals surface area contributed by atoms with E-state index in [9.17, 15) is 9.90 Å². The third-order valence-corrected chi connectivity index (χ3v) is 5.22. The van der Waals surface area contributed by atoms with Crippen LogP contribution in [0.2, 0.25) is 10.0 Å². The van der Waals surface area contributed by atoms with Crippen molar-refractivity contribution >= 4 is 35.2 Å². The van der Waals surface area contributed by atoms with Gasteiger partial charge in [0.15, 0.2) is 0 Å². The van der Waals surface area contributed by atoms with Crippen LogP contribution in [0, 0.1) is 0 Å². The Hall–Kier alpha value is -2.09. The first-order valence-electron chi connectivity index (χ1n) is 9.10. The van der Waals surface area contributed by atoms with Crippen molar-refractivity contribution in [3.05, 3.63) is 51.3 Å². The number of carbonyl (C=O) groups is 1. The van der Waals surface area contributed by atoms with Crippen molar-refractivity contribution in [2.75, 3.05) is 18.5 Å². The second kappa shape index (κ2) is 8.94. The van der Waals surface area contributed by atoms with Crippen molar-refractivity contribution < 1.29 is 9.90 Å². The molecule has 0 radical (unpaired) electrons. The normalized spacial score (nSPS) is 14.6. The van der Waals surface area contributed by atoms with Gasteiger partial charge in [-0.1, -0.05) is 29.3 Å². The van der Waals surface area contributed by atoms with E-state index in [-0.39, 0.29) is 18.7 Å². The molecule has 0 aliphatic carbocycles. The fraction of sp³-hybridized carbons (Fsp3) is 0.421. The van der Waals surface area contributed by atoms with Gasteiger partial charge in [-0.25, -0.2) is 14.8 Å². The van der Waals surface area contributed by atoms with Crippen molar-refractivity contribution in [1.29, 1.82) is 0 Å². The molecule has 9 heteroatoms. The number of rotatable bonds is 5. The maximum atomic E-state index is 12.8. The lowest BCUT2D eigenvalue weighted by Gasteiger charge is -2.30. The number of fused-ring (bicyclic) bond motifs is 1. The zero-order valence-corrected chi connectivity index (χ0v) is 17.3. The van der Waals surface area contributed by atoms with Crippen LogP contribution < -0.4 is 10.6 Å². The van der Waals surface area contributed by atoms with E-state index in [0.29, 0.717) is 41.1 Å². The Balaban J connectivity index is 1.70. The molecule has 0 spiro atoms. The molecule has 3 rings (SSSR count). The van der Waals surface area contributed by atoms with E-state index in [1.807, 2.05) is 20.0 Å². The molecule has 0 unspecified atom stereocenters. The number of aromatic nitrogens is 2. The fourth-order valence-corrected chi connectivity index (χ4v) is 3.31. The van der Waals surface area contributed by atoms with Crippen molar-refractivity contribution in [3.8, 4) is 0 Å². The smallest absolute Gasteiger partial charge is 0.318 e. The number of halogens is 2. The topological polar surface area (TPSA) is 90.4 Å². The van der Waals surface area contributed by atoms with Gasteiger partial charge in [0, 0.05) is 18.8 Å². The second-order valence-corrected chi connectivity index (χ2v) is 7.81. The Labute approximate surface area is 174 Å². The molecule has 0 saturated carbocycles. The maximum Gasteiger partial charge on any atom is 0.318 e. The van der Waals surface area contributed by atoms with Crippen LogP contribution in [0.1, 0.15) is 36.7 Å². The van der Waals surface area contributed by atoms with Crippen LogP contribution in [0.5, 0.6) is 0 Å². The highest BCUT2D eigenvalue weighted by Gasteiger charge is 2.25. The van der Waals surface area contributed by atoms with Gasteiger partial charge in [-0.3, -0.25) is 0 Å². The summed E-state index contributed by atoms with van der Waals surface area (Å²) in [6.07, 6.45) is 2.50. The number of urea groups is 1.